The van der Waals surface area contributed by atoms with E-state index in [1.54, 1.807) is 24.2 Å². The lowest BCUT2D eigenvalue weighted by Crippen LogP contribution is -2.25. The van der Waals surface area contributed by atoms with E-state index in [-0.39, 0.29) is 0 Å². The standard InChI is InChI=1S/C17H24N2OS/c1-5-6-18-15(11-21-17-19-7-8-20-17)16-13(3)9-12(2)10-14(16)4/h7-10,15,18H,5-6,11H2,1-4H3. The van der Waals surface area contributed by atoms with Crippen LogP contribution >= 0.6 is 11.8 Å². The third-order valence-corrected chi connectivity index (χ3v) is 4.46. The summed E-state index contributed by atoms with van der Waals surface area (Å²) in [6.45, 7) is 9.76. The summed E-state index contributed by atoms with van der Waals surface area (Å²) in [4.78, 5) is 4.19. The van der Waals surface area contributed by atoms with Crippen molar-refractivity contribution in [3.8, 4) is 0 Å². The summed E-state index contributed by atoms with van der Waals surface area (Å²) in [6.07, 6.45) is 4.45. The number of thioether (sulfide) groups is 1. The first-order chi connectivity index (χ1) is 10.1. The molecule has 0 radical (unpaired) electrons. The van der Waals surface area contributed by atoms with Gasteiger partial charge in [-0.2, -0.15) is 0 Å². The maximum Gasteiger partial charge on any atom is 0.255 e. The summed E-state index contributed by atoms with van der Waals surface area (Å²) < 4.78 is 5.33. The number of nitrogens with zero attached hydrogens (tertiary/aromatic N) is 1. The van der Waals surface area contributed by atoms with Crippen LogP contribution in [0.3, 0.4) is 0 Å². The van der Waals surface area contributed by atoms with Crippen molar-refractivity contribution in [2.75, 3.05) is 12.3 Å². The Labute approximate surface area is 131 Å². The molecule has 114 valence electrons. The first-order valence-electron chi connectivity index (χ1n) is 7.45. The predicted molar refractivity (Wildman–Crippen MR) is 88.9 cm³/mol. The lowest BCUT2D eigenvalue weighted by Gasteiger charge is -2.23. The molecule has 1 aromatic heterocycles. The Balaban J connectivity index is 2.18. The van der Waals surface area contributed by atoms with Gasteiger partial charge in [-0.05, 0) is 50.4 Å². The van der Waals surface area contributed by atoms with E-state index < -0.39 is 0 Å². The predicted octanol–water partition coefficient (Wildman–Crippen LogP) is 4.43. The van der Waals surface area contributed by atoms with E-state index in [2.05, 4.69) is 50.1 Å². The van der Waals surface area contributed by atoms with Crippen LogP contribution < -0.4 is 5.32 Å². The van der Waals surface area contributed by atoms with Crippen molar-refractivity contribution in [1.82, 2.24) is 10.3 Å². The van der Waals surface area contributed by atoms with Gasteiger partial charge in [-0.1, -0.05) is 36.4 Å². The summed E-state index contributed by atoms with van der Waals surface area (Å²) in [5.74, 6) is 0.922. The maximum absolute atomic E-state index is 5.33. The Hall–Kier alpha value is -1.26. The van der Waals surface area contributed by atoms with Crippen LogP contribution in [0.5, 0.6) is 0 Å². The van der Waals surface area contributed by atoms with Crippen LogP contribution in [0.25, 0.3) is 0 Å². The molecule has 0 fully saturated rings. The second-order valence-corrected chi connectivity index (χ2v) is 6.40. The molecule has 1 unspecified atom stereocenters. The van der Waals surface area contributed by atoms with Crippen LogP contribution in [-0.2, 0) is 0 Å². The van der Waals surface area contributed by atoms with E-state index in [4.69, 9.17) is 4.42 Å². The second kappa shape index (κ2) is 7.66. The molecule has 1 aromatic carbocycles. The van der Waals surface area contributed by atoms with Gasteiger partial charge < -0.3 is 9.73 Å². The fourth-order valence-corrected chi connectivity index (χ4v) is 3.59. The number of hydrogen-bond donors (Lipinski definition) is 1. The van der Waals surface area contributed by atoms with E-state index in [1.807, 2.05) is 0 Å². The fourth-order valence-electron chi connectivity index (χ4n) is 2.74. The largest absolute Gasteiger partial charge is 0.440 e. The van der Waals surface area contributed by atoms with Crippen molar-refractivity contribution in [2.24, 2.45) is 0 Å². The SMILES string of the molecule is CCCNC(CSc1ncco1)c1c(C)cc(C)cc1C. The molecular weight excluding hydrogens is 280 g/mol. The van der Waals surface area contributed by atoms with Gasteiger partial charge >= 0.3 is 0 Å². The molecule has 2 rings (SSSR count). The molecule has 0 aliphatic heterocycles. The number of rotatable bonds is 7. The molecule has 3 nitrogen and oxygen atoms in total. The van der Waals surface area contributed by atoms with Crippen LogP contribution in [0.2, 0.25) is 0 Å². The molecule has 0 amide bonds. The zero-order chi connectivity index (χ0) is 15.2. The number of benzene rings is 1. The van der Waals surface area contributed by atoms with Crippen molar-refractivity contribution in [1.29, 1.82) is 0 Å². The van der Waals surface area contributed by atoms with E-state index in [0.29, 0.717) is 6.04 Å². The van der Waals surface area contributed by atoms with Crippen LogP contribution in [0.4, 0.5) is 0 Å². The summed E-state index contributed by atoms with van der Waals surface area (Å²) in [5.41, 5.74) is 5.44. The Bertz CT molecular complexity index is 543. The van der Waals surface area contributed by atoms with Crippen molar-refractivity contribution < 1.29 is 4.42 Å². The number of oxazole rings is 1. The zero-order valence-corrected chi connectivity index (χ0v) is 14.1. The second-order valence-electron chi connectivity index (χ2n) is 5.43. The summed E-state index contributed by atoms with van der Waals surface area (Å²) in [6, 6.07) is 4.85. The number of hydrogen-bond acceptors (Lipinski definition) is 4. The number of aromatic nitrogens is 1. The molecule has 0 bridgehead atoms. The third kappa shape index (κ3) is 4.35. The van der Waals surface area contributed by atoms with Crippen molar-refractivity contribution in [3.63, 3.8) is 0 Å². The molecule has 0 saturated carbocycles. The molecule has 1 N–H and O–H groups in total. The molecule has 2 aromatic rings. The first-order valence-corrected chi connectivity index (χ1v) is 8.43. The molecule has 0 aliphatic rings. The third-order valence-electron chi connectivity index (χ3n) is 3.51. The van der Waals surface area contributed by atoms with Crippen LogP contribution in [0, 0.1) is 20.8 Å². The molecular formula is C17H24N2OS. The smallest absolute Gasteiger partial charge is 0.255 e. The normalized spacial score (nSPS) is 12.6. The minimum atomic E-state index is 0.322. The van der Waals surface area contributed by atoms with Gasteiger partial charge in [0.1, 0.15) is 6.26 Å². The molecule has 1 heterocycles. The summed E-state index contributed by atoms with van der Waals surface area (Å²) in [5, 5.41) is 4.40. The van der Waals surface area contributed by atoms with Gasteiger partial charge in [-0.3, -0.25) is 0 Å². The molecule has 0 spiro atoms. The lowest BCUT2D eigenvalue weighted by atomic mass is 9.95. The molecule has 0 saturated heterocycles. The fraction of sp³-hybridized carbons (Fsp3) is 0.471. The van der Waals surface area contributed by atoms with Gasteiger partial charge in [0, 0.05) is 11.8 Å². The van der Waals surface area contributed by atoms with Gasteiger partial charge in [0.05, 0.1) is 6.20 Å². The van der Waals surface area contributed by atoms with E-state index in [9.17, 15) is 0 Å². The lowest BCUT2D eigenvalue weighted by molar-refractivity contribution is 0.453. The Kier molecular flexibility index (Phi) is 5.88. The minimum absolute atomic E-state index is 0.322. The monoisotopic (exact) mass is 304 g/mol. The van der Waals surface area contributed by atoms with Gasteiger partial charge in [0.25, 0.3) is 5.22 Å². The first kappa shape index (κ1) is 16.1. The summed E-state index contributed by atoms with van der Waals surface area (Å²) >= 11 is 1.66. The van der Waals surface area contributed by atoms with Crippen molar-refractivity contribution in [2.45, 2.75) is 45.4 Å². The zero-order valence-electron chi connectivity index (χ0n) is 13.3. The highest BCUT2D eigenvalue weighted by Crippen LogP contribution is 2.28. The Morgan fingerprint density at radius 2 is 1.95 bits per heavy atom. The highest BCUT2D eigenvalue weighted by Gasteiger charge is 2.17. The topological polar surface area (TPSA) is 38.1 Å². The van der Waals surface area contributed by atoms with Crippen LogP contribution in [-0.4, -0.2) is 17.3 Å². The van der Waals surface area contributed by atoms with E-state index in [0.717, 1.165) is 23.9 Å². The van der Waals surface area contributed by atoms with Gasteiger partial charge in [0.2, 0.25) is 0 Å². The number of aryl methyl sites for hydroxylation is 3. The van der Waals surface area contributed by atoms with Gasteiger partial charge in [-0.15, -0.1) is 0 Å². The highest BCUT2D eigenvalue weighted by molar-refractivity contribution is 7.99. The Morgan fingerprint density at radius 3 is 2.52 bits per heavy atom. The minimum Gasteiger partial charge on any atom is -0.440 e. The summed E-state index contributed by atoms with van der Waals surface area (Å²) in [7, 11) is 0. The Morgan fingerprint density at radius 1 is 1.24 bits per heavy atom. The van der Waals surface area contributed by atoms with Gasteiger partial charge in [-0.25, -0.2) is 4.98 Å². The van der Waals surface area contributed by atoms with E-state index in [1.165, 1.54) is 22.3 Å². The number of nitrogens with one attached hydrogen (secondary N) is 1. The molecule has 1 atom stereocenters. The van der Waals surface area contributed by atoms with Crippen molar-refractivity contribution >= 4 is 11.8 Å². The quantitative estimate of drug-likeness (QED) is 0.768. The molecule has 21 heavy (non-hydrogen) atoms. The highest BCUT2D eigenvalue weighted by atomic mass is 32.2. The molecule has 4 heteroatoms. The van der Waals surface area contributed by atoms with Crippen molar-refractivity contribution in [3.05, 3.63) is 46.8 Å². The van der Waals surface area contributed by atoms with E-state index >= 15 is 0 Å². The van der Waals surface area contributed by atoms with Crippen LogP contribution in [0.15, 0.2) is 34.2 Å². The van der Waals surface area contributed by atoms with Gasteiger partial charge in [0.15, 0.2) is 0 Å². The molecule has 0 aliphatic carbocycles. The average molecular weight is 304 g/mol. The maximum atomic E-state index is 5.33. The van der Waals surface area contributed by atoms with Crippen LogP contribution in [0.1, 0.15) is 41.6 Å². The average Bonchev–Trinajstić information content (AvgIpc) is 2.93.